The molecule has 10 heteroatoms. The Kier molecular flexibility index (Phi) is 33.7. The summed E-state index contributed by atoms with van der Waals surface area (Å²) in [4.78, 5) is 22.3. The number of carbonyl (C=O) groups excluding carboxylic acids is 1. The summed E-state index contributed by atoms with van der Waals surface area (Å²) in [6, 6.07) is 0. The number of phosphoric acid groups is 1. The molecule has 0 amide bonds. The Bertz CT molecular complexity index is 929. The lowest BCUT2D eigenvalue weighted by Crippen LogP contribution is -2.29. The molecule has 3 unspecified atom stereocenters. The fraction of sp³-hybridized carbons (Fsp3) is 0.711. The van der Waals surface area contributed by atoms with Crippen molar-refractivity contribution < 1.29 is 43.0 Å². The molecular formula is C38H67O9P. The average molecular weight is 699 g/mol. The molecule has 0 rings (SSSR count). The van der Waals surface area contributed by atoms with Crippen molar-refractivity contribution in [2.24, 2.45) is 0 Å². The smallest absolute Gasteiger partial charge is 0.457 e. The predicted octanol–water partition coefficient (Wildman–Crippen LogP) is 9.24. The number of allylic oxidation sites excluding steroid dienone is 10. The molecule has 0 aromatic carbocycles. The van der Waals surface area contributed by atoms with Gasteiger partial charge >= 0.3 is 13.8 Å². The van der Waals surface area contributed by atoms with Crippen molar-refractivity contribution >= 4 is 13.8 Å². The first kappa shape index (κ1) is 46.2. The minimum absolute atomic E-state index is 0.0298. The quantitative estimate of drug-likeness (QED) is 0.0260. The van der Waals surface area contributed by atoms with Crippen LogP contribution in [0.5, 0.6) is 0 Å². The minimum Gasteiger partial charge on any atom is -0.457 e. The molecule has 0 bridgehead atoms. The van der Waals surface area contributed by atoms with Gasteiger partial charge in [-0.15, -0.1) is 0 Å². The second-order valence-electron chi connectivity index (χ2n) is 11.9. The first-order valence-corrected chi connectivity index (χ1v) is 19.8. The van der Waals surface area contributed by atoms with Crippen molar-refractivity contribution in [3.8, 4) is 0 Å². The number of aliphatic hydroxyl groups is 2. The van der Waals surface area contributed by atoms with Crippen molar-refractivity contribution in [1.82, 2.24) is 0 Å². The second-order valence-corrected chi connectivity index (χ2v) is 13.3. The molecule has 0 saturated heterocycles. The van der Waals surface area contributed by atoms with E-state index in [1.165, 1.54) is 19.3 Å². The average Bonchev–Trinajstić information content (AvgIpc) is 3.07. The molecule has 0 fully saturated rings. The number of phosphoric ester groups is 1. The maximum atomic E-state index is 12.4. The molecule has 0 aliphatic rings. The van der Waals surface area contributed by atoms with Crippen molar-refractivity contribution in [2.75, 3.05) is 33.0 Å². The molecular weight excluding hydrogens is 631 g/mol. The van der Waals surface area contributed by atoms with E-state index in [0.29, 0.717) is 6.61 Å². The van der Waals surface area contributed by atoms with Gasteiger partial charge in [-0.1, -0.05) is 126 Å². The molecule has 0 spiro atoms. The van der Waals surface area contributed by atoms with E-state index in [1.54, 1.807) is 0 Å². The van der Waals surface area contributed by atoms with Crippen LogP contribution in [0.1, 0.15) is 129 Å². The van der Waals surface area contributed by atoms with Gasteiger partial charge in [0.25, 0.3) is 0 Å². The molecule has 0 saturated carbocycles. The largest absolute Gasteiger partial charge is 0.472 e. The highest BCUT2D eigenvalue weighted by atomic mass is 31.2. The van der Waals surface area contributed by atoms with Crippen molar-refractivity contribution in [3.05, 3.63) is 60.8 Å². The number of esters is 1. The summed E-state index contributed by atoms with van der Waals surface area (Å²) in [5.74, 6) is -0.403. The van der Waals surface area contributed by atoms with Crippen LogP contribution in [-0.2, 0) is 27.9 Å². The Morgan fingerprint density at radius 3 is 1.79 bits per heavy atom. The van der Waals surface area contributed by atoms with Crippen LogP contribution in [0, 0.1) is 0 Å². The van der Waals surface area contributed by atoms with Crippen LogP contribution in [0.25, 0.3) is 0 Å². The van der Waals surface area contributed by atoms with Gasteiger partial charge in [-0.2, -0.15) is 0 Å². The van der Waals surface area contributed by atoms with E-state index in [9.17, 15) is 19.4 Å². The van der Waals surface area contributed by atoms with E-state index in [0.717, 1.165) is 89.9 Å². The zero-order valence-electron chi connectivity index (χ0n) is 29.9. The molecule has 0 aliphatic carbocycles. The van der Waals surface area contributed by atoms with E-state index in [4.69, 9.17) is 23.6 Å². The highest BCUT2D eigenvalue weighted by Crippen LogP contribution is 2.43. The topological polar surface area (TPSA) is 132 Å². The molecule has 0 heterocycles. The Morgan fingerprint density at radius 2 is 1.19 bits per heavy atom. The SMILES string of the molecule is CC/C=C\C/C=C\C/C=C\C/C=C\C/C=C\CCCCCCOCC(COP(=O)(O)OCC(O)CO)OC(=O)CCCCCCCCC. The van der Waals surface area contributed by atoms with E-state index in [-0.39, 0.29) is 19.6 Å². The van der Waals surface area contributed by atoms with Gasteiger partial charge in [0.15, 0.2) is 0 Å². The molecule has 0 aromatic heterocycles. The summed E-state index contributed by atoms with van der Waals surface area (Å²) in [5, 5.41) is 18.2. The van der Waals surface area contributed by atoms with Crippen LogP contribution in [0.2, 0.25) is 0 Å². The molecule has 3 N–H and O–H groups in total. The van der Waals surface area contributed by atoms with Gasteiger partial charge in [0, 0.05) is 13.0 Å². The van der Waals surface area contributed by atoms with Gasteiger partial charge in [-0.05, 0) is 57.8 Å². The second kappa shape index (κ2) is 35.0. The van der Waals surface area contributed by atoms with E-state index in [1.807, 2.05) is 0 Å². The summed E-state index contributed by atoms with van der Waals surface area (Å²) in [5.41, 5.74) is 0. The fourth-order valence-electron chi connectivity index (χ4n) is 4.44. The molecule has 0 aromatic rings. The molecule has 9 nitrogen and oxygen atoms in total. The van der Waals surface area contributed by atoms with Gasteiger partial charge < -0.3 is 24.6 Å². The summed E-state index contributed by atoms with van der Waals surface area (Å²) in [7, 11) is -4.51. The fourth-order valence-corrected chi connectivity index (χ4v) is 5.23. The third-order valence-corrected chi connectivity index (χ3v) is 8.17. The van der Waals surface area contributed by atoms with E-state index < -0.39 is 39.2 Å². The lowest BCUT2D eigenvalue weighted by molar-refractivity contribution is -0.154. The van der Waals surface area contributed by atoms with Gasteiger partial charge in [0.1, 0.15) is 12.2 Å². The highest BCUT2D eigenvalue weighted by molar-refractivity contribution is 7.47. The maximum absolute atomic E-state index is 12.4. The molecule has 278 valence electrons. The van der Waals surface area contributed by atoms with Crippen molar-refractivity contribution in [3.63, 3.8) is 0 Å². The monoisotopic (exact) mass is 698 g/mol. The zero-order chi connectivity index (χ0) is 35.4. The number of rotatable bonds is 34. The normalized spacial score (nSPS) is 15.0. The Balaban J connectivity index is 4.21. The third-order valence-electron chi connectivity index (χ3n) is 7.22. The van der Waals surface area contributed by atoms with E-state index in [2.05, 4.69) is 74.6 Å². The number of hydrogen-bond acceptors (Lipinski definition) is 8. The number of aliphatic hydroxyl groups excluding tert-OH is 2. The van der Waals surface area contributed by atoms with Crippen LogP contribution in [-0.4, -0.2) is 66.3 Å². The third kappa shape index (κ3) is 34.0. The Morgan fingerprint density at radius 1 is 0.667 bits per heavy atom. The lowest BCUT2D eigenvalue weighted by atomic mass is 10.1. The number of ether oxygens (including phenoxy) is 2. The van der Waals surface area contributed by atoms with Gasteiger partial charge in [0.05, 0.1) is 26.4 Å². The van der Waals surface area contributed by atoms with Gasteiger partial charge in [0.2, 0.25) is 0 Å². The van der Waals surface area contributed by atoms with Crippen LogP contribution in [0.4, 0.5) is 0 Å². The standard InChI is InChI=1S/C38H67O9P/c1-3-5-7-9-11-12-13-14-15-16-17-18-19-20-21-22-23-25-27-29-31-44-34-37(35-46-48(42,43)45-33-36(40)32-39)47-38(41)30-28-26-24-10-8-6-4-2/h5,7,11-12,14-15,17-18,20-21,36-37,39-40H,3-4,6,8-10,13,16,19,22-35H2,1-2H3,(H,42,43)/b7-5-,12-11-,15-14-,18-17-,21-20-. The lowest BCUT2D eigenvalue weighted by Gasteiger charge is -2.20. The summed E-state index contributed by atoms with van der Waals surface area (Å²) in [6.45, 7) is 3.26. The van der Waals surface area contributed by atoms with Crippen LogP contribution < -0.4 is 0 Å². The first-order valence-electron chi connectivity index (χ1n) is 18.3. The highest BCUT2D eigenvalue weighted by Gasteiger charge is 2.26. The van der Waals surface area contributed by atoms with Gasteiger partial charge in [-0.25, -0.2) is 4.57 Å². The maximum Gasteiger partial charge on any atom is 0.472 e. The van der Waals surface area contributed by atoms with Crippen LogP contribution in [0.3, 0.4) is 0 Å². The van der Waals surface area contributed by atoms with Crippen LogP contribution in [0.15, 0.2) is 60.8 Å². The first-order chi connectivity index (χ1) is 23.3. The summed E-state index contributed by atoms with van der Waals surface area (Å²) in [6.07, 6.45) is 37.7. The van der Waals surface area contributed by atoms with Gasteiger partial charge in [-0.3, -0.25) is 13.8 Å². The molecule has 0 aliphatic heterocycles. The van der Waals surface area contributed by atoms with E-state index >= 15 is 0 Å². The number of carbonyl (C=O) groups is 1. The van der Waals surface area contributed by atoms with Crippen molar-refractivity contribution in [1.29, 1.82) is 0 Å². The zero-order valence-corrected chi connectivity index (χ0v) is 30.8. The molecule has 0 radical (unpaired) electrons. The number of hydrogen-bond donors (Lipinski definition) is 3. The minimum atomic E-state index is -4.51. The molecule has 48 heavy (non-hydrogen) atoms. The Labute approximate surface area is 291 Å². The summed E-state index contributed by atoms with van der Waals surface area (Å²) >= 11 is 0. The predicted molar refractivity (Wildman–Crippen MR) is 196 cm³/mol. The number of unbranched alkanes of at least 4 members (excludes halogenated alkanes) is 10. The molecule has 3 atom stereocenters. The summed E-state index contributed by atoms with van der Waals surface area (Å²) < 4.78 is 33.0. The van der Waals surface area contributed by atoms with Crippen molar-refractivity contribution in [2.45, 2.75) is 142 Å². The Hall–Kier alpha value is -1.84. The van der Waals surface area contributed by atoms with Crippen LogP contribution >= 0.6 is 7.82 Å².